The van der Waals surface area contributed by atoms with E-state index >= 15 is 0 Å². The maximum atomic E-state index is 14.7. The van der Waals surface area contributed by atoms with E-state index < -0.39 is 59.5 Å². The molecule has 12 heteroatoms. The average Bonchev–Trinajstić information content (AvgIpc) is 3.30. The highest BCUT2D eigenvalue weighted by molar-refractivity contribution is 6.39. The minimum Gasteiger partial charge on any atom is -0.504 e. The Bertz CT molecular complexity index is 2650. The van der Waals surface area contributed by atoms with E-state index in [2.05, 4.69) is 5.32 Å². The zero-order valence-electron chi connectivity index (χ0n) is 31.6. The van der Waals surface area contributed by atoms with Crippen molar-refractivity contribution in [1.82, 2.24) is 0 Å². The average molecular weight is 764 g/mol. The van der Waals surface area contributed by atoms with E-state index in [-0.39, 0.29) is 50.8 Å². The van der Waals surface area contributed by atoms with Crippen molar-refractivity contribution in [1.29, 1.82) is 0 Å². The number of carboxylic acids is 2. The van der Waals surface area contributed by atoms with Gasteiger partial charge < -0.3 is 35.6 Å². The normalized spacial score (nSPS) is 22.5. The van der Waals surface area contributed by atoms with E-state index in [1.54, 1.807) is 6.92 Å². The van der Waals surface area contributed by atoms with Gasteiger partial charge in [0.15, 0.2) is 22.4 Å². The third-order valence-electron chi connectivity index (χ3n) is 12.9. The van der Waals surface area contributed by atoms with E-state index in [1.807, 2.05) is 6.08 Å². The van der Waals surface area contributed by atoms with Crippen molar-refractivity contribution in [2.24, 2.45) is 17.8 Å². The number of hydrogen-bond acceptors (Lipinski definition) is 10. The first kappa shape index (κ1) is 37.6. The first-order chi connectivity index (χ1) is 26.8. The fourth-order valence-electron chi connectivity index (χ4n) is 10.6. The van der Waals surface area contributed by atoms with Crippen molar-refractivity contribution in [3.05, 3.63) is 66.0 Å². The number of ketones is 1. The summed E-state index contributed by atoms with van der Waals surface area (Å²) in [6.45, 7) is 2.09. The van der Waals surface area contributed by atoms with Gasteiger partial charge in [-0.15, -0.1) is 0 Å². The molecule has 0 saturated heterocycles. The van der Waals surface area contributed by atoms with Crippen LogP contribution in [0.25, 0.3) is 49.2 Å². The van der Waals surface area contributed by atoms with Crippen LogP contribution in [-0.4, -0.2) is 56.4 Å². The number of benzene rings is 5. The van der Waals surface area contributed by atoms with E-state index in [1.165, 1.54) is 26.2 Å². The molecule has 2 fully saturated rings. The molecule has 2 saturated carbocycles. The number of aliphatic hydroxyl groups excluding tert-OH is 2. The van der Waals surface area contributed by atoms with E-state index in [4.69, 9.17) is 4.74 Å². The van der Waals surface area contributed by atoms with Crippen LogP contribution in [0.5, 0.6) is 11.5 Å². The molecule has 56 heavy (non-hydrogen) atoms. The van der Waals surface area contributed by atoms with Crippen LogP contribution in [0.3, 0.4) is 0 Å². The number of carbonyl (C=O) groups is 3. The number of fused-ring (bicyclic) bond motifs is 1. The van der Waals surface area contributed by atoms with Gasteiger partial charge >= 0.3 is 11.9 Å². The summed E-state index contributed by atoms with van der Waals surface area (Å²) in [5, 5.41) is 59.9. The fraction of sp³-hybridized carbons (Fsp3) is 0.432. The predicted molar refractivity (Wildman–Crippen MR) is 212 cm³/mol. The van der Waals surface area contributed by atoms with Gasteiger partial charge in [0.1, 0.15) is 5.78 Å². The van der Waals surface area contributed by atoms with E-state index in [9.17, 15) is 49.5 Å². The summed E-state index contributed by atoms with van der Waals surface area (Å²) in [6, 6.07) is 2.26. The van der Waals surface area contributed by atoms with Crippen molar-refractivity contribution in [2.75, 3.05) is 12.4 Å². The second-order valence-corrected chi connectivity index (χ2v) is 16.2. The zero-order valence-corrected chi connectivity index (χ0v) is 31.6. The lowest BCUT2D eigenvalue weighted by atomic mass is 9.75. The van der Waals surface area contributed by atoms with Gasteiger partial charge in [-0.1, -0.05) is 30.9 Å². The molecule has 5 atom stereocenters. The minimum atomic E-state index is -0.960. The monoisotopic (exact) mass is 763 g/mol. The Morgan fingerprint density at radius 3 is 1.96 bits per heavy atom. The lowest BCUT2D eigenvalue weighted by Crippen LogP contribution is -2.32. The van der Waals surface area contributed by atoms with Gasteiger partial charge in [0.05, 0.1) is 54.5 Å². The minimum absolute atomic E-state index is 0.0624. The zero-order chi connectivity index (χ0) is 39.9. The predicted octanol–water partition coefficient (Wildman–Crippen LogP) is 6.17. The first-order valence-corrected chi connectivity index (χ1v) is 19.4. The van der Waals surface area contributed by atoms with Gasteiger partial charge in [-0.2, -0.15) is 0 Å². The number of methoxy groups -OCH3 is 1. The first-order valence-electron chi connectivity index (χ1n) is 19.4. The molecule has 292 valence electrons. The summed E-state index contributed by atoms with van der Waals surface area (Å²) in [7, 11) is 1.35. The van der Waals surface area contributed by atoms with Crippen molar-refractivity contribution >= 4 is 72.6 Å². The molecule has 3 aliphatic rings. The highest BCUT2D eigenvalue weighted by atomic mass is 16.5. The molecule has 0 radical (unpaired) electrons. The van der Waals surface area contributed by atoms with E-state index in [0.29, 0.717) is 106 Å². The molecule has 6 N–H and O–H groups in total. The second kappa shape index (κ2) is 14.0. The Morgan fingerprint density at radius 1 is 0.786 bits per heavy atom. The number of carbonyl (C=O) groups excluding carboxylic acids is 1. The number of Topliss-reactive ketones (excluding diaryl/α,β-unsaturated/α-hetero) is 1. The molecule has 0 amide bonds. The van der Waals surface area contributed by atoms with Gasteiger partial charge in [-0.25, -0.2) is 0 Å². The summed E-state index contributed by atoms with van der Waals surface area (Å²) in [5.74, 6) is -4.74. The molecule has 0 aliphatic heterocycles. The van der Waals surface area contributed by atoms with Crippen LogP contribution < -0.4 is 20.9 Å². The summed E-state index contributed by atoms with van der Waals surface area (Å²) in [4.78, 5) is 67.1. The van der Waals surface area contributed by atoms with E-state index in [0.717, 1.165) is 6.42 Å². The third kappa shape index (κ3) is 5.59. The number of phenolic OH excluding ortho intramolecular Hbond substituents is 1. The SMILES string of the molecule is COc1c(O)c2c(=O)cc(CO)c3c4c(CO)cc(=O)c5c(NC6CCCC(C(=O)O)C6)c(CC6CCCC(C(=O)O)C6)c6c(c(c1C(C(C)=O)C(C)=C6)c23)c54. The van der Waals surface area contributed by atoms with Crippen LogP contribution in [0.1, 0.15) is 98.9 Å². The standard InChI is InChI=1S/C44H45NO11/c1-18-10-26-27(12-20-6-4-7-21(11-20)43(52)53)40(45-25-9-5-8-22(13-25)44(54)55)34-28(49)14-23(16-46)31-32-24(17-47)15-29(50)35-37(32)38(33(26)36(31)34)39(30(18)19(2)48)42(56-3)41(35)51/h10,14-15,20-22,25,30,45-47,51H,4-9,11-13,16-17H2,1-3H3,(H,52,53)(H,54,55). The Labute approximate surface area is 321 Å². The summed E-state index contributed by atoms with van der Waals surface area (Å²) in [5.41, 5.74) is 2.21. The van der Waals surface area contributed by atoms with Gasteiger partial charge in [-0.05, 0) is 114 Å². The number of hydrogen-bond donors (Lipinski definition) is 6. The molecule has 5 aromatic carbocycles. The lowest BCUT2D eigenvalue weighted by Gasteiger charge is -2.33. The van der Waals surface area contributed by atoms with Crippen LogP contribution in [0, 0.1) is 17.8 Å². The van der Waals surface area contributed by atoms with Crippen LogP contribution in [0.2, 0.25) is 0 Å². The number of allylic oxidation sites excluding steroid dienone is 1. The Kier molecular flexibility index (Phi) is 9.40. The quantitative estimate of drug-likeness (QED) is 0.0697. The van der Waals surface area contributed by atoms with Gasteiger partial charge in [0.2, 0.25) is 0 Å². The summed E-state index contributed by atoms with van der Waals surface area (Å²) >= 11 is 0. The molecule has 0 bridgehead atoms. The number of carboxylic acid groups (broad SMARTS) is 2. The van der Waals surface area contributed by atoms with Crippen LogP contribution in [-0.2, 0) is 34.0 Å². The lowest BCUT2D eigenvalue weighted by molar-refractivity contribution is -0.144. The molecule has 5 aromatic rings. The Balaban J connectivity index is 1.63. The second-order valence-electron chi connectivity index (χ2n) is 16.2. The number of aliphatic hydroxyl groups is 2. The van der Waals surface area contributed by atoms with Gasteiger partial charge in [-0.3, -0.25) is 24.0 Å². The Hall–Kier alpha value is -5.33. The van der Waals surface area contributed by atoms with Crippen molar-refractivity contribution in [3.8, 4) is 11.5 Å². The van der Waals surface area contributed by atoms with Gasteiger partial charge in [0.25, 0.3) is 0 Å². The topological polar surface area (TPSA) is 208 Å². The van der Waals surface area contributed by atoms with Crippen LogP contribution >= 0.6 is 0 Å². The third-order valence-corrected chi connectivity index (χ3v) is 12.9. The van der Waals surface area contributed by atoms with Crippen molar-refractivity contribution in [3.63, 3.8) is 0 Å². The number of phenols is 1. The molecule has 8 rings (SSSR count). The smallest absolute Gasteiger partial charge is 0.306 e. The largest absolute Gasteiger partial charge is 0.504 e. The number of aromatic hydroxyl groups is 1. The van der Waals surface area contributed by atoms with Crippen LogP contribution in [0.4, 0.5) is 5.69 Å². The number of aliphatic carboxylic acids is 2. The summed E-state index contributed by atoms with van der Waals surface area (Å²) < 4.78 is 5.86. The molecule has 0 heterocycles. The Morgan fingerprint density at radius 2 is 1.38 bits per heavy atom. The highest BCUT2D eigenvalue weighted by Gasteiger charge is 2.38. The molecule has 3 aliphatic carbocycles. The molecule has 12 nitrogen and oxygen atoms in total. The summed E-state index contributed by atoms with van der Waals surface area (Å²) in [6.07, 6.45) is 6.81. The number of rotatable bonds is 10. The number of nitrogens with one attached hydrogen (secondary N) is 1. The highest BCUT2D eigenvalue weighted by Crippen LogP contribution is 2.56. The van der Waals surface area contributed by atoms with Crippen LogP contribution in [0.15, 0.2) is 27.3 Å². The number of anilines is 1. The number of ether oxygens (including phenoxy) is 1. The molecular formula is C44H45NO11. The fourth-order valence-corrected chi connectivity index (χ4v) is 10.6. The van der Waals surface area contributed by atoms with Gasteiger partial charge in [0, 0.05) is 22.4 Å². The maximum Gasteiger partial charge on any atom is 0.306 e. The molecule has 5 unspecified atom stereocenters. The maximum absolute atomic E-state index is 14.7. The molecule has 0 spiro atoms. The van der Waals surface area contributed by atoms with Crippen molar-refractivity contribution < 1.29 is 44.7 Å². The van der Waals surface area contributed by atoms with Crippen molar-refractivity contribution in [2.45, 2.75) is 96.8 Å². The molecule has 0 aromatic heterocycles. The molecular weight excluding hydrogens is 718 g/mol.